The molecule has 1 unspecified atom stereocenters. The number of aryl methyl sites for hydroxylation is 1. The molecule has 0 spiro atoms. The van der Waals surface area contributed by atoms with Gasteiger partial charge in [0.15, 0.2) is 5.82 Å². The number of aromatic amines is 1. The van der Waals surface area contributed by atoms with E-state index in [0.717, 1.165) is 58.6 Å². The van der Waals surface area contributed by atoms with E-state index in [0.29, 0.717) is 12.1 Å². The lowest BCUT2D eigenvalue weighted by atomic mass is 10.1. The molecule has 0 bridgehead atoms. The molecule has 0 saturated carbocycles. The topological polar surface area (TPSA) is 96.9 Å². The van der Waals surface area contributed by atoms with Crippen LogP contribution in [0.3, 0.4) is 0 Å². The number of ether oxygens (including phenoxy) is 1. The first kappa shape index (κ1) is 18.6. The van der Waals surface area contributed by atoms with E-state index < -0.39 is 0 Å². The Hall–Kier alpha value is -3.39. The van der Waals surface area contributed by atoms with Gasteiger partial charge in [-0.15, -0.1) is 0 Å². The third kappa shape index (κ3) is 3.19. The fourth-order valence-electron chi connectivity index (χ4n) is 4.07. The number of H-pyrrole nitrogens is 1. The highest BCUT2D eigenvalue weighted by atomic mass is 16.5. The Morgan fingerprint density at radius 3 is 3.07 bits per heavy atom. The molecule has 30 heavy (non-hydrogen) atoms. The van der Waals surface area contributed by atoms with E-state index in [9.17, 15) is 4.79 Å². The van der Waals surface area contributed by atoms with Crippen LogP contribution >= 0.6 is 0 Å². The van der Waals surface area contributed by atoms with Crippen LogP contribution < -0.4 is 10.6 Å². The maximum absolute atomic E-state index is 12.6. The Kier molecular flexibility index (Phi) is 4.63. The van der Waals surface area contributed by atoms with Gasteiger partial charge in [0.2, 0.25) is 0 Å². The van der Waals surface area contributed by atoms with Crippen molar-refractivity contribution >= 4 is 33.8 Å². The van der Waals surface area contributed by atoms with Crippen LogP contribution in [0.4, 0.5) is 5.82 Å². The molecule has 154 valence electrons. The number of carbonyl (C=O) groups is 1. The summed E-state index contributed by atoms with van der Waals surface area (Å²) < 4.78 is 7.58. The second kappa shape index (κ2) is 7.46. The predicted molar refractivity (Wildman–Crippen MR) is 117 cm³/mol. The Bertz CT molecular complexity index is 1240. The molecule has 1 aliphatic rings. The van der Waals surface area contributed by atoms with E-state index in [1.165, 1.54) is 0 Å². The Labute approximate surface area is 173 Å². The van der Waals surface area contributed by atoms with Crippen LogP contribution in [0, 0.1) is 0 Å². The van der Waals surface area contributed by atoms with Crippen LogP contribution in [0.5, 0.6) is 0 Å². The third-order valence-corrected chi connectivity index (χ3v) is 5.62. The quantitative estimate of drug-likeness (QED) is 0.475. The Balaban J connectivity index is 1.48. The highest BCUT2D eigenvalue weighted by Crippen LogP contribution is 2.31. The van der Waals surface area contributed by atoms with Crippen molar-refractivity contribution in [3.8, 4) is 11.3 Å². The normalized spacial score (nSPS) is 16.4. The summed E-state index contributed by atoms with van der Waals surface area (Å²) in [6.45, 7) is 1.33. The lowest BCUT2D eigenvalue weighted by Gasteiger charge is -2.11. The number of rotatable bonds is 5. The Morgan fingerprint density at radius 1 is 1.37 bits per heavy atom. The molecule has 0 radical (unpaired) electrons. The summed E-state index contributed by atoms with van der Waals surface area (Å²) in [6, 6.07) is 9.67. The van der Waals surface area contributed by atoms with Gasteiger partial charge in [-0.2, -0.15) is 0 Å². The van der Waals surface area contributed by atoms with Crippen LogP contribution in [-0.4, -0.2) is 51.7 Å². The van der Waals surface area contributed by atoms with Crippen LogP contribution in [0.25, 0.3) is 33.3 Å². The van der Waals surface area contributed by atoms with Gasteiger partial charge in [0.1, 0.15) is 11.2 Å². The van der Waals surface area contributed by atoms with Crippen molar-refractivity contribution < 1.29 is 9.53 Å². The zero-order valence-corrected chi connectivity index (χ0v) is 17.0. The van der Waals surface area contributed by atoms with Crippen molar-refractivity contribution in [3.63, 3.8) is 0 Å². The third-order valence-electron chi connectivity index (χ3n) is 5.62. The summed E-state index contributed by atoms with van der Waals surface area (Å²) in [5.74, 6) is 0.641. The number of fused-ring (bicyclic) bond motifs is 3. The molecule has 3 N–H and O–H groups in total. The zero-order valence-electron chi connectivity index (χ0n) is 17.0. The second-order valence-corrected chi connectivity index (χ2v) is 7.63. The van der Waals surface area contributed by atoms with Crippen molar-refractivity contribution in [1.29, 1.82) is 0 Å². The number of hydrogen-bond donors (Lipinski definition) is 3. The van der Waals surface area contributed by atoms with Crippen LogP contribution in [0.15, 0.2) is 36.7 Å². The number of benzene rings is 1. The molecule has 1 saturated heterocycles. The first-order valence-electron chi connectivity index (χ1n) is 10.2. The fraction of sp³-hybridized carbons (Fsp3) is 0.318. The summed E-state index contributed by atoms with van der Waals surface area (Å²) in [6.07, 6.45) is 3.97. The monoisotopic (exact) mass is 404 g/mol. The average molecular weight is 404 g/mol. The molecule has 4 aromatic rings. The highest BCUT2D eigenvalue weighted by molar-refractivity contribution is 6.07. The molecule has 4 heterocycles. The van der Waals surface area contributed by atoms with Gasteiger partial charge >= 0.3 is 0 Å². The van der Waals surface area contributed by atoms with Crippen molar-refractivity contribution in [2.24, 2.45) is 7.05 Å². The maximum Gasteiger partial charge on any atom is 0.251 e. The molecular formula is C22H24N6O2. The molecular weight excluding hydrogens is 380 g/mol. The minimum atomic E-state index is -0.0897. The molecule has 1 atom stereocenters. The van der Waals surface area contributed by atoms with Gasteiger partial charge in [-0.25, -0.2) is 9.97 Å². The first-order valence-corrected chi connectivity index (χ1v) is 10.2. The first-order chi connectivity index (χ1) is 14.6. The van der Waals surface area contributed by atoms with Gasteiger partial charge in [0.25, 0.3) is 5.91 Å². The molecule has 8 heteroatoms. The van der Waals surface area contributed by atoms with Crippen LogP contribution in [0.2, 0.25) is 0 Å². The number of aromatic nitrogens is 4. The SMILES string of the molecule is CNc1nc2[nH]c(-c3cccc(C(=O)NCC4CCCO4)c3)cc2c2c1ncn2C. The molecule has 0 aliphatic carbocycles. The number of nitrogens with zero attached hydrogens (tertiary/aromatic N) is 3. The van der Waals surface area contributed by atoms with E-state index in [1.54, 1.807) is 6.33 Å². The average Bonchev–Trinajstić information content (AvgIpc) is 3.51. The fourth-order valence-corrected chi connectivity index (χ4v) is 4.07. The maximum atomic E-state index is 12.6. The summed E-state index contributed by atoms with van der Waals surface area (Å²) in [5.41, 5.74) is 5.08. The molecule has 1 aromatic carbocycles. The number of nitrogens with one attached hydrogen (secondary N) is 3. The van der Waals surface area contributed by atoms with Crippen LogP contribution in [0.1, 0.15) is 23.2 Å². The molecule has 3 aromatic heterocycles. The van der Waals surface area contributed by atoms with Gasteiger partial charge in [0.05, 0.1) is 17.9 Å². The molecule has 5 rings (SSSR count). The lowest BCUT2D eigenvalue weighted by Crippen LogP contribution is -2.31. The van der Waals surface area contributed by atoms with Gasteiger partial charge in [0, 0.05) is 43.9 Å². The number of amides is 1. The summed E-state index contributed by atoms with van der Waals surface area (Å²) in [4.78, 5) is 25.2. The van der Waals surface area contributed by atoms with E-state index in [4.69, 9.17) is 4.74 Å². The number of imidazole rings is 1. The molecule has 1 amide bonds. The Morgan fingerprint density at radius 2 is 2.27 bits per heavy atom. The lowest BCUT2D eigenvalue weighted by molar-refractivity contribution is 0.0858. The van der Waals surface area contributed by atoms with E-state index in [-0.39, 0.29) is 12.0 Å². The predicted octanol–water partition coefficient (Wildman–Crippen LogP) is 3.07. The summed E-state index contributed by atoms with van der Waals surface area (Å²) in [5, 5.41) is 7.09. The molecule has 8 nitrogen and oxygen atoms in total. The second-order valence-electron chi connectivity index (χ2n) is 7.63. The number of pyridine rings is 1. The summed E-state index contributed by atoms with van der Waals surface area (Å²) >= 11 is 0. The standard InChI is InChI=1S/C22H24N6O2/c1-23-21-18-19(28(2)12-25-18)16-10-17(26-20(16)27-21)13-5-3-6-14(9-13)22(29)24-11-15-7-4-8-30-15/h3,5-6,9-10,12,15H,4,7-8,11H2,1-2H3,(H,24,29)(H2,23,26,27). The van der Waals surface area contributed by atoms with E-state index >= 15 is 0 Å². The largest absolute Gasteiger partial charge is 0.376 e. The highest BCUT2D eigenvalue weighted by Gasteiger charge is 2.18. The molecule has 1 fully saturated rings. The smallest absolute Gasteiger partial charge is 0.251 e. The number of carbonyl (C=O) groups excluding carboxylic acids is 1. The van der Waals surface area contributed by atoms with E-state index in [1.807, 2.05) is 42.9 Å². The van der Waals surface area contributed by atoms with Crippen LogP contribution in [-0.2, 0) is 11.8 Å². The van der Waals surface area contributed by atoms with Gasteiger partial charge in [-0.05, 0) is 36.6 Å². The van der Waals surface area contributed by atoms with Gasteiger partial charge in [-0.1, -0.05) is 12.1 Å². The van der Waals surface area contributed by atoms with E-state index in [2.05, 4.69) is 31.7 Å². The molecule has 1 aliphatic heterocycles. The van der Waals surface area contributed by atoms with Gasteiger partial charge in [-0.3, -0.25) is 4.79 Å². The van der Waals surface area contributed by atoms with Crippen molar-refractivity contribution in [3.05, 3.63) is 42.2 Å². The summed E-state index contributed by atoms with van der Waals surface area (Å²) in [7, 11) is 3.81. The van der Waals surface area contributed by atoms with Crippen molar-refractivity contribution in [1.82, 2.24) is 24.8 Å². The zero-order chi connectivity index (χ0) is 20.7. The van der Waals surface area contributed by atoms with Crippen molar-refractivity contribution in [2.75, 3.05) is 25.5 Å². The minimum absolute atomic E-state index is 0.0897. The minimum Gasteiger partial charge on any atom is -0.376 e. The van der Waals surface area contributed by atoms with Gasteiger partial charge < -0.3 is 24.9 Å². The number of anilines is 1. The number of hydrogen-bond acceptors (Lipinski definition) is 5. The van der Waals surface area contributed by atoms with Crippen molar-refractivity contribution in [2.45, 2.75) is 18.9 Å².